The van der Waals surface area contributed by atoms with Gasteiger partial charge in [0, 0.05) is 5.56 Å². The maximum atomic E-state index is 8.88. The summed E-state index contributed by atoms with van der Waals surface area (Å²) in [6.45, 7) is 8.56. The third-order valence-corrected chi connectivity index (χ3v) is 2.81. The van der Waals surface area contributed by atoms with Gasteiger partial charge in [-0.1, -0.05) is 31.6 Å². The van der Waals surface area contributed by atoms with E-state index in [1.165, 1.54) is 0 Å². The zero-order valence-electron chi connectivity index (χ0n) is 9.68. The lowest BCUT2D eigenvalue weighted by molar-refractivity contribution is 1.38. The van der Waals surface area contributed by atoms with Gasteiger partial charge in [-0.3, -0.25) is 0 Å². The second-order valence-corrected chi connectivity index (χ2v) is 9.39. The summed E-state index contributed by atoms with van der Waals surface area (Å²) in [5.41, 5.74) is 5.96. The Kier molecular flexibility index (Phi) is 3.34. The average Bonchev–Trinajstić information content (AvgIpc) is 2.15. The highest BCUT2D eigenvalue weighted by Crippen LogP contribution is 2.09. The van der Waals surface area contributed by atoms with Crippen molar-refractivity contribution in [3.63, 3.8) is 0 Å². The largest absolute Gasteiger partial charge is 0.192 e. The molecular weight excluding hydrogens is 198 g/mol. The van der Waals surface area contributed by atoms with Crippen LogP contribution in [0.1, 0.15) is 16.7 Å². The molecular formula is C13H15NSi. The van der Waals surface area contributed by atoms with Gasteiger partial charge in [0.1, 0.15) is 8.07 Å². The van der Waals surface area contributed by atoms with Crippen LogP contribution in [0.3, 0.4) is 0 Å². The van der Waals surface area contributed by atoms with Crippen molar-refractivity contribution >= 4 is 8.07 Å². The summed E-state index contributed by atoms with van der Waals surface area (Å²) in [6.07, 6.45) is 0. The Bertz CT molecular complexity index is 464. The molecule has 0 unspecified atom stereocenters. The Balaban J connectivity index is 3.08. The lowest BCUT2D eigenvalue weighted by atomic mass is 10.1. The minimum Gasteiger partial charge on any atom is -0.192 e. The molecule has 1 rings (SSSR count). The van der Waals surface area contributed by atoms with Crippen LogP contribution in [0.15, 0.2) is 18.2 Å². The second-order valence-electron chi connectivity index (χ2n) is 4.64. The molecule has 0 saturated carbocycles. The molecule has 2 heteroatoms. The van der Waals surface area contributed by atoms with Crippen LogP contribution in [0, 0.1) is 29.7 Å². The van der Waals surface area contributed by atoms with E-state index in [9.17, 15) is 0 Å². The SMILES string of the molecule is Cc1ccc(C#C[Si](C)(C)C)cc1C#N. The summed E-state index contributed by atoms with van der Waals surface area (Å²) in [4.78, 5) is 0. The highest BCUT2D eigenvalue weighted by molar-refractivity contribution is 6.83. The van der Waals surface area contributed by atoms with Crippen molar-refractivity contribution in [2.45, 2.75) is 26.6 Å². The van der Waals surface area contributed by atoms with Gasteiger partial charge in [-0.25, -0.2) is 0 Å². The molecule has 0 N–H and O–H groups in total. The van der Waals surface area contributed by atoms with Crippen molar-refractivity contribution in [2.24, 2.45) is 0 Å². The maximum absolute atomic E-state index is 8.88. The number of benzene rings is 1. The fraction of sp³-hybridized carbons (Fsp3) is 0.308. The maximum Gasteiger partial charge on any atom is 0.129 e. The Morgan fingerprint density at radius 1 is 1.20 bits per heavy atom. The first-order valence-electron chi connectivity index (χ1n) is 4.96. The van der Waals surface area contributed by atoms with Crippen LogP contribution >= 0.6 is 0 Å². The summed E-state index contributed by atoms with van der Waals surface area (Å²) in [5.74, 6) is 3.15. The minimum absolute atomic E-state index is 0.720. The number of aryl methyl sites for hydroxylation is 1. The fourth-order valence-electron chi connectivity index (χ4n) is 1.08. The molecule has 0 saturated heterocycles. The molecule has 0 heterocycles. The summed E-state index contributed by atoms with van der Waals surface area (Å²) in [7, 11) is -1.33. The van der Waals surface area contributed by atoms with Crippen molar-refractivity contribution in [3.8, 4) is 17.5 Å². The van der Waals surface area contributed by atoms with E-state index in [-0.39, 0.29) is 0 Å². The predicted molar refractivity (Wildman–Crippen MR) is 66.1 cm³/mol. The standard InChI is InChI=1S/C13H15NSi/c1-11-5-6-12(9-13(11)10-14)7-8-15(2,3)4/h5-6,9H,1-4H3. The lowest BCUT2D eigenvalue weighted by Crippen LogP contribution is -2.16. The number of nitrogens with zero attached hydrogens (tertiary/aromatic N) is 1. The average molecular weight is 213 g/mol. The van der Waals surface area contributed by atoms with Crippen LogP contribution < -0.4 is 0 Å². The van der Waals surface area contributed by atoms with Crippen LogP contribution in [-0.2, 0) is 0 Å². The summed E-state index contributed by atoms with van der Waals surface area (Å²) < 4.78 is 0. The molecule has 1 aromatic rings. The number of hydrogen-bond donors (Lipinski definition) is 0. The van der Waals surface area contributed by atoms with E-state index >= 15 is 0 Å². The fourth-order valence-corrected chi connectivity index (χ4v) is 1.60. The first-order valence-corrected chi connectivity index (χ1v) is 8.46. The second kappa shape index (κ2) is 4.34. The van der Waals surface area contributed by atoms with Crippen molar-refractivity contribution in [1.29, 1.82) is 5.26 Å². The van der Waals surface area contributed by atoms with Crippen molar-refractivity contribution in [3.05, 3.63) is 34.9 Å². The zero-order chi connectivity index (χ0) is 11.5. The highest BCUT2D eigenvalue weighted by Gasteiger charge is 2.07. The van der Waals surface area contributed by atoms with E-state index < -0.39 is 8.07 Å². The van der Waals surface area contributed by atoms with Crippen LogP contribution in [0.2, 0.25) is 19.6 Å². The Morgan fingerprint density at radius 3 is 2.40 bits per heavy atom. The van der Waals surface area contributed by atoms with E-state index in [4.69, 9.17) is 5.26 Å². The van der Waals surface area contributed by atoms with Gasteiger partial charge in [0.25, 0.3) is 0 Å². The van der Waals surface area contributed by atoms with Crippen LogP contribution in [0.5, 0.6) is 0 Å². The predicted octanol–water partition coefficient (Wildman–Crippen LogP) is 3.10. The van der Waals surface area contributed by atoms with Crippen LogP contribution in [0.4, 0.5) is 0 Å². The molecule has 0 amide bonds. The number of rotatable bonds is 0. The van der Waals surface area contributed by atoms with Gasteiger partial charge >= 0.3 is 0 Å². The topological polar surface area (TPSA) is 23.8 Å². The molecule has 76 valence electrons. The number of nitriles is 1. The molecule has 0 atom stereocenters. The normalized spacial score (nSPS) is 10.1. The molecule has 1 nitrogen and oxygen atoms in total. The molecule has 0 aliphatic rings. The zero-order valence-corrected chi connectivity index (χ0v) is 10.7. The molecule has 15 heavy (non-hydrogen) atoms. The Morgan fingerprint density at radius 2 is 1.87 bits per heavy atom. The molecule has 0 aliphatic carbocycles. The molecule has 0 fully saturated rings. The summed E-state index contributed by atoms with van der Waals surface area (Å²) >= 11 is 0. The third-order valence-electron chi connectivity index (χ3n) is 1.94. The molecule has 1 aromatic carbocycles. The molecule has 0 aliphatic heterocycles. The van der Waals surface area contributed by atoms with Crippen LogP contribution in [0.25, 0.3) is 0 Å². The van der Waals surface area contributed by atoms with E-state index in [2.05, 4.69) is 37.2 Å². The van der Waals surface area contributed by atoms with Gasteiger partial charge in [-0.05, 0) is 24.6 Å². The van der Waals surface area contributed by atoms with E-state index in [1.54, 1.807) is 0 Å². The number of hydrogen-bond acceptors (Lipinski definition) is 1. The summed E-state index contributed by atoms with van der Waals surface area (Å²) in [6, 6.07) is 7.97. The van der Waals surface area contributed by atoms with Gasteiger partial charge in [0.15, 0.2) is 0 Å². The summed E-state index contributed by atoms with van der Waals surface area (Å²) in [5, 5.41) is 8.88. The van der Waals surface area contributed by atoms with E-state index in [1.807, 2.05) is 25.1 Å². The molecule has 0 radical (unpaired) electrons. The van der Waals surface area contributed by atoms with Crippen molar-refractivity contribution in [1.82, 2.24) is 0 Å². The Hall–Kier alpha value is -1.51. The van der Waals surface area contributed by atoms with Crippen LogP contribution in [-0.4, -0.2) is 8.07 Å². The van der Waals surface area contributed by atoms with Crippen molar-refractivity contribution in [2.75, 3.05) is 0 Å². The third kappa shape index (κ3) is 3.62. The smallest absolute Gasteiger partial charge is 0.129 e. The molecule has 0 spiro atoms. The lowest BCUT2D eigenvalue weighted by Gasteiger charge is -2.03. The molecule has 0 bridgehead atoms. The quantitative estimate of drug-likeness (QED) is 0.480. The molecule has 0 aromatic heterocycles. The van der Waals surface area contributed by atoms with Gasteiger partial charge in [0.2, 0.25) is 0 Å². The minimum atomic E-state index is -1.33. The van der Waals surface area contributed by atoms with Gasteiger partial charge in [-0.15, -0.1) is 5.54 Å². The Labute approximate surface area is 92.8 Å². The van der Waals surface area contributed by atoms with E-state index in [0.29, 0.717) is 0 Å². The van der Waals surface area contributed by atoms with Crippen molar-refractivity contribution < 1.29 is 0 Å². The monoisotopic (exact) mass is 213 g/mol. The van der Waals surface area contributed by atoms with Gasteiger partial charge in [-0.2, -0.15) is 5.26 Å². The van der Waals surface area contributed by atoms with Gasteiger partial charge in [0.05, 0.1) is 11.6 Å². The first-order chi connectivity index (χ1) is 6.92. The first kappa shape index (κ1) is 11.6. The van der Waals surface area contributed by atoms with E-state index in [0.717, 1.165) is 16.7 Å². The highest BCUT2D eigenvalue weighted by atomic mass is 28.3. The van der Waals surface area contributed by atoms with Gasteiger partial charge < -0.3 is 0 Å².